The topological polar surface area (TPSA) is 0 Å². The Morgan fingerprint density at radius 3 is 2.06 bits per heavy atom. The zero-order chi connectivity index (χ0) is 11.5. The molecule has 0 saturated heterocycles. The Balaban J connectivity index is 1.91. The van der Waals surface area contributed by atoms with Gasteiger partial charge in [-0.25, -0.2) is 0 Å². The first-order chi connectivity index (χ1) is 8.43. The van der Waals surface area contributed by atoms with Crippen molar-refractivity contribution in [3.8, 4) is 0 Å². The van der Waals surface area contributed by atoms with Gasteiger partial charge >= 0.3 is 0 Å². The maximum atomic E-state index is 2.39. The van der Waals surface area contributed by atoms with Crippen molar-refractivity contribution in [2.24, 2.45) is 0 Å². The highest BCUT2D eigenvalue weighted by molar-refractivity contribution is 8.22. The smallest absolute Gasteiger partial charge is 0.00550 e. The summed E-state index contributed by atoms with van der Waals surface area (Å²) in [6.45, 7) is 0. The second-order valence-electron chi connectivity index (χ2n) is 4.01. The lowest BCUT2D eigenvalue weighted by Gasteiger charge is -2.09. The zero-order valence-corrected chi connectivity index (χ0v) is 10.3. The first-order valence-corrected chi connectivity index (χ1v) is 7.20. The van der Waals surface area contributed by atoms with Crippen LogP contribution >= 0.6 is 10.9 Å². The first kappa shape index (κ1) is 10.4. The van der Waals surface area contributed by atoms with Crippen LogP contribution in [-0.4, -0.2) is 0 Å². The van der Waals surface area contributed by atoms with Gasteiger partial charge in [0.15, 0.2) is 0 Å². The van der Waals surface area contributed by atoms with Crippen LogP contribution in [0.5, 0.6) is 0 Å². The molecular weight excluding hydrogens is 224 g/mol. The number of hydrogen-bond acceptors (Lipinski definition) is 0. The predicted molar refractivity (Wildman–Crippen MR) is 77.3 cm³/mol. The van der Waals surface area contributed by atoms with Gasteiger partial charge in [-0.2, -0.15) is 10.9 Å². The molecule has 0 fully saturated rings. The molecule has 3 rings (SSSR count). The van der Waals surface area contributed by atoms with Crippen LogP contribution in [0.1, 0.15) is 5.56 Å². The van der Waals surface area contributed by atoms with Gasteiger partial charge < -0.3 is 0 Å². The molecule has 0 bridgehead atoms. The van der Waals surface area contributed by atoms with Crippen LogP contribution in [-0.2, 0) is 0 Å². The molecule has 84 valence electrons. The lowest BCUT2D eigenvalue weighted by atomic mass is 10.1. The van der Waals surface area contributed by atoms with Crippen molar-refractivity contribution >= 4 is 16.5 Å². The fraction of sp³-hybridized carbons (Fsp3) is 0. The Bertz CT molecular complexity index is 553. The monoisotopic (exact) mass is 238 g/mol. The van der Waals surface area contributed by atoms with Gasteiger partial charge in [0.25, 0.3) is 0 Å². The molecule has 1 heterocycles. The van der Waals surface area contributed by atoms with E-state index >= 15 is 0 Å². The van der Waals surface area contributed by atoms with Gasteiger partial charge in [-0.3, -0.25) is 0 Å². The van der Waals surface area contributed by atoms with E-state index in [1.807, 2.05) is 0 Å². The van der Waals surface area contributed by atoms with Gasteiger partial charge in [-0.05, 0) is 45.1 Å². The Kier molecular flexibility index (Phi) is 2.85. The van der Waals surface area contributed by atoms with Gasteiger partial charge in [0.2, 0.25) is 0 Å². The minimum Gasteiger partial charge on any atom is -0.185 e. The summed E-state index contributed by atoms with van der Waals surface area (Å²) in [7, 11) is -0.246. The Labute approximate surface area is 105 Å². The predicted octanol–water partition coefficient (Wildman–Crippen LogP) is 4.62. The fourth-order valence-electron chi connectivity index (χ4n) is 1.96. The van der Waals surface area contributed by atoms with E-state index in [-0.39, 0.29) is 10.9 Å². The molecule has 0 saturated carbocycles. The standard InChI is InChI=1S/C16H14S/c1-3-7-14(8-4-1)15-11-12-17(13-15)16-9-5-2-6-10-16/h1-13,17H. The van der Waals surface area contributed by atoms with Gasteiger partial charge in [-0.15, -0.1) is 0 Å². The normalized spacial score (nSPS) is 20.2. The maximum absolute atomic E-state index is 2.39. The summed E-state index contributed by atoms with van der Waals surface area (Å²) >= 11 is 0. The summed E-state index contributed by atoms with van der Waals surface area (Å²) in [5.74, 6) is 0. The van der Waals surface area contributed by atoms with Gasteiger partial charge in [0.05, 0.1) is 0 Å². The zero-order valence-electron chi connectivity index (χ0n) is 9.45. The van der Waals surface area contributed by atoms with Crippen LogP contribution < -0.4 is 0 Å². The highest BCUT2D eigenvalue weighted by Gasteiger charge is 2.08. The molecule has 1 aliphatic heterocycles. The van der Waals surface area contributed by atoms with Gasteiger partial charge in [-0.1, -0.05) is 48.5 Å². The van der Waals surface area contributed by atoms with Crippen molar-refractivity contribution in [2.75, 3.05) is 0 Å². The van der Waals surface area contributed by atoms with Crippen molar-refractivity contribution < 1.29 is 0 Å². The average molecular weight is 238 g/mol. The largest absolute Gasteiger partial charge is 0.185 e. The molecule has 17 heavy (non-hydrogen) atoms. The minimum atomic E-state index is -0.246. The third-order valence-electron chi connectivity index (χ3n) is 2.85. The molecule has 2 aromatic carbocycles. The van der Waals surface area contributed by atoms with Gasteiger partial charge in [0.1, 0.15) is 0 Å². The Morgan fingerprint density at radius 1 is 0.706 bits per heavy atom. The molecule has 0 spiro atoms. The molecule has 0 radical (unpaired) electrons. The molecule has 2 aromatic rings. The van der Waals surface area contributed by atoms with Crippen molar-refractivity contribution in [1.29, 1.82) is 0 Å². The molecule has 1 heteroatoms. The van der Waals surface area contributed by atoms with E-state index in [1.165, 1.54) is 16.0 Å². The van der Waals surface area contributed by atoms with Crippen molar-refractivity contribution in [3.63, 3.8) is 0 Å². The molecule has 0 nitrogen and oxygen atoms in total. The third kappa shape index (κ3) is 2.20. The van der Waals surface area contributed by atoms with E-state index in [2.05, 4.69) is 77.6 Å². The van der Waals surface area contributed by atoms with Crippen molar-refractivity contribution in [2.45, 2.75) is 4.90 Å². The van der Waals surface area contributed by atoms with E-state index < -0.39 is 0 Å². The van der Waals surface area contributed by atoms with E-state index in [4.69, 9.17) is 0 Å². The SMILES string of the molecule is C1=C[SH](c2ccccc2)C=C1c1ccccc1. The molecule has 0 N–H and O–H groups in total. The second kappa shape index (κ2) is 4.64. The number of rotatable bonds is 2. The molecule has 0 aromatic heterocycles. The fourth-order valence-corrected chi connectivity index (χ4v) is 3.74. The molecule has 1 atom stereocenters. The molecular formula is C16H14S. The van der Waals surface area contributed by atoms with Crippen molar-refractivity contribution in [3.05, 3.63) is 83.1 Å². The number of hydrogen-bond donors (Lipinski definition) is 1. The van der Waals surface area contributed by atoms with Crippen molar-refractivity contribution in [1.82, 2.24) is 0 Å². The van der Waals surface area contributed by atoms with Crippen LogP contribution in [0.2, 0.25) is 0 Å². The quantitative estimate of drug-likeness (QED) is 0.725. The third-order valence-corrected chi connectivity index (χ3v) is 4.78. The number of thiol groups is 1. The summed E-state index contributed by atoms with van der Waals surface area (Å²) in [4.78, 5) is 1.42. The lowest BCUT2D eigenvalue weighted by molar-refractivity contribution is 1.47. The molecule has 0 amide bonds. The summed E-state index contributed by atoms with van der Waals surface area (Å²) in [5.41, 5.74) is 2.66. The number of allylic oxidation sites excluding steroid dienone is 2. The number of benzene rings is 2. The highest BCUT2D eigenvalue weighted by Crippen LogP contribution is 2.46. The summed E-state index contributed by atoms with van der Waals surface area (Å²) in [6, 6.07) is 21.3. The van der Waals surface area contributed by atoms with Crippen LogP contribution in [0.4, 0.5) is 0 Å². The van der Waals surface area contributed by atoms with Crippen LogP contribution in [0.15, 0.2) is 82.5 Å². The van der Waals surface area contributed by atoms with Crippen LogP contribution in [0, 0.1) is 0 Å². The second-order valence-corrected chi connectivity index (χ2v) is 5.90. The van der Waals surface area contributed by atoms with E-state index in [1.54, 1.807) is 0 Å². The highest BCUT2D eigenvalue weighted by atomic mass is 32.2. The average Bonchev–Trinajstić information content (AvgIpc) is 2.90. The van der Waals surface area contributed by atoms with Gasteiger partial charge in [0, 0.05) is 0 Å². The van der Waals surface area contributed by atoms with E-state index in [9.17, 15) is 0 Å². The summed E-state index contributed by atoms with van der Waals surface area (Å²) in [5, 5.41) is 4.72. The Hall–Kier alpha value is -1.73. The Morgan fingerprint density at radius 2 is 1.35 bits per heavy atom. The van der Waals surface area contributed by atoms with E-state index in [0.29, 0.717) is 0 Å². The molecule has 1 aliphatic rings. The van der Waals surface area contributed by atoms with Crippen LogP contribution in [0.25, 0.3) is 5.57 Å². The molecule has 0 aliphatic carbocycles. The molecule has 1 unspecified atom stereocenters. The van der Waals surface area contributed by atoms with Crippen LogP contribution in [0.3, 0.4) is 0 Å². The maximum Gasteiger partial charge on any atom is -0.00550 e. The lowest BCUT2D eigenvalue weighted by Crippen LogP contribution is -1.76. The first-order valence-electron chi connectivity index (χ1n) is 5.72. The summed E-state index contributed by atoms with van der Waals surface area (Å²) < 4.78 is 0. The summed E-state index contributed by atoms with van der Waals surface area (Å²) in [6.07, 6.45) is 2.24. The van der Waals surface area contributed by atoms with E-state index in [0.717, 1.165) is 0 Å². The minimum absolute atomic E-state index is 0.246.